The first kappa shape index (κ1) is 30.5. The van der Waals surface area contributed by atoms with E-state index in [0.717, 1.165) is 35.5 Å². The number of carbonyl (C=O) groups excluding carboxylic acids is 1. The summed E-state index contributed by atoms with van der Waals surface area (Å²) in [6.07, 6.45) is 0. The quantitative estimate of drug-likeness (QED) is 0.252. The number of carbonyl (C=O) groups is 1. The first-order chi connectivity index (χ1) is 23.2. The molecule has 5 aromatic rings. The molecule has 2 fully saturated rings. The second-order valence-corrected chi connectivity index (χ2v) is 11.9. The van der Waals surface area contributed by atoms with Crippen molar-refractivity contribution in [3.05, 3.63) is 136 Å². The van der Waals surface area contributed by atoms with Gasteiger partial charge in [-0.2, -0.15) is 0 Å². The Bertz CT molecular complexity index is 1870. The van der Waals surface area contributed by atoms with Crippen molar-refractivity contribution in [3.8, 4) is 22.7 Å². The molecule has 240 valence electrons. The number of rotatable bonds is 9. The summed E-state index contributed by atoms with van der Waals surface area (Å²) in [5, 5.41) is 3.34. The Labute approximate surface area is 274 Å². The molecule has 9 nitrogen and oxygen atoms in total. The Morgan fingerprint density at radius 1 is 0.745 bits per heavy atom. The number of hydrogen-bond acceptors (Lipinski definition) is 6. The van der Waals surface area contributed by atoms with Crippen molar-refractivity contribution in [1.29, 1.82) is 0 Å². The zero-order chi connectivity index (χ0) is 32.0. The summed E-state index contributed by atoms with van der Waals surface area (Å²) in [6, 6.07) is 35.6. The second-order valence-electron chi connectivity index (χ2n) is 11.9. The van der Waals surface area contributed by atoms with Gasteiger partial charge in [-0.1, -0.05) is 78.9 Å². The molecule has 1 amide bonds. The first-order valence-electron chi connectivity index (χ1n) is 16.3. The van der Waals surface area contributed by atoms with Gasteiger partial charge >= 0.3 is 5.69 Å². The van der Waals surface area contributed by atoms with Crippen LogP contribution in [0.4, 0.5) is 5.69 Å². The van der Waals surface area contributed by atoms with E-state index >= 15 is 0 Å². The van der Waals surface area contributed by atoms with Crippen LogP contribution in [-0.4, -0.2) is 72.4 Å². The molecule has 9 heteroatoms. The van der Waals surface area contributed by atoms with Crippen LogP contribution in [0, 0.1) is 0 Å². The van der Waals surface area contributed by atoms with Crippen molar-refractivity contribution in [2.45, 2.75) is 13.2 Å². The SMILES string of the molecule is O=C(c1c(-c2ccccc2)n(-c2cccc(N3CCOCC3)c2)c(=O)n1Cc1cccc(OCc2ccccc2)c1)N1CCNCC1. The van der Waals surface area contributed by atoms with E-state index in [-0.39, 0.29) is 18.1 Å². The normalized spacial score (nSPS) is 15.1. The Balaban J connectivity index is 1.34. The van der Waals surface area contributed by atoms with E-state index in [0.29, 0.717) is 68.8 Å². The van der Waals surface area contributed by atoms with Crippen LogP contribution >= 0.6 is 0 Å². The average Bonchev–Trinajstić information content (AvgIpc) is 3.43. The van der Waals surface area contributed by atoms with Crippen molar-refractivity contribution in [1.82, 2.24) is 19.4 Å². The summed E-state index contributed by atoms with van der Waals surface area (Å²) in [6.45, 7) is 6.08. The Morgan fingerprint density at radius 2 is 1.43 bits per heavy atom. The van der Waals surface area contributed by atoms with E-state index in [9.17, 15) is 9.59 Å². The van der Waals surface area contributed by atoms with Gasteiger partial charge in [0.2, 0.25) is 0 Å². The molecule has 0 atom stereocenters. The highest BCUT2D eigenvalue weighted by atomic mass is 16.5. The minimum Gasteiger partial charge on any atom is -0.489 e. The number of nitrogens with one attached hydrogen (secondary N) is 1. The Kier molecular flexibility index (Phi) is 9.17. The van der Waals surface area contributed by atoms with E-state index in [4.69, 9.17) is 9.47 Å². The number of aromatic nitrogens is 2. The molecule has 0 spiro atoms. The number of amides is 1. The molecule has 2 aliphatic heterocycles. The third-order valence-corrected chi connectivity index (χ3v) is 8.75. The Morgan fingerprint density at radius 3 is 2.19 bits per heavy atom. The largest absolute Gasteiger partial charge is 0.489 e. The average molecular weight is 630 g/mol. The zero-order valence-electron chi connectivity index (χ0n) is 26.4. The predicted molar refractivity (Wildman–Crippen MR) is 184 cm³/mol. The highest BCUT2D eigenvalue weighted by Gasteiger charge is 2.31. The molecular formula is C38H39N5O4. The molecule has 1 aromatic heterocycles. The standard InChI is InChI=1S/C38H39N5O4/c44-37(41-19-17-39-18-20-41)36-35(31-12-5-2-6-13-31)43(33-15-8-14-32(26-33)40-21-23-46-24-22-40)38(45)42(36)27-30-11-7-16-34(25-30)47-28-29-9-3-1-4-10-29/h1-16,25-26,39H,17-24,27-28H2. The maximum absolute atomic E-state index is 14.7. The van der Waals surface area contributed by atoms with Gasteiger partial charge in [0.1, 0.15) is 18.1 Å². The van der Waals surface area contributed by atoms with Crippen LogP contribution in [0.2, 0.25) is 0 Å². The second kappa shape index (κ2) is 14.1. The summed E-state index contributed by atoms with van der Waals surface area (Å²) >= 11 is 0. The van der Waals surface area contributed by atoms with Crippen LogP contribution in [0.15, 0.2) is 114 Å². The number of anilines is 1. The zero-order valence-corrected chi connectivity index (χ0v) is 26.4. The van der Waals surface area contributed by atoms with Gasteiger partial charge in [-0.05, 0) is 41.5 Å². The third kappa shape index (κ3) is 6.72. The minimum absolute atomic E-state index is 0.151. The van der Waals surface area contributed by atoms with Gasteiger partial charge in [0.25, 0.3) is 5.91 Å². The molecule has 0 bridgehead atoms. The lowest BCUT2D eigenvalue weighted by atomic mass is 10.1. The molecule has 2 saturated heterocycles. The summed E-state index contributed by atoms with van der Waals surface area (Å²) in [5.74, 6) is 0.553. The van der Waals surface area contributed by atoms with E-state index in [1.807, 2.05) is 108 Å². The smallest absolute Gasteiger partial charge is 0.334 e. The monoisotopic (exact) mass is 629 g/mol. The topological polar surface area (TPSA) is 81.0 Å². The van der Waals surface area contributed by atoms with Gasteiger partial charge in [0.15, 0.2) is 0 Å². The molecule has 0 saturated carbocycles. The van der Waals surface area contributed by atoms with Gasteiger partial charge in [0.05, 0.1) is 31.1 Å². The fraction of sp³-hybridized carbons (Fsp3) is 0.263. The fourth-order valence-electron chi connectivity index (χ4n) is 6.34. The van der Waals surface area contributed by atoms with Gasteiger partial charge in [-0.3, -0.25) is 13.9 Å². The molecule has 0 unspecified atom stereocenters. The number of benzene rings is 4. The maximum Gasteiger partial charge on any atom is 0.334 e. The summed E-state index contributed by atoms with van der Waals surface area (Å²) in [7, 11) is 0. The van der Waals surface area contributed by atoms with Crippen LogP contribution in [0.5, 0.6) is 5.75 Å². The molecule has 2 aliphatic rings. The molecule has 0 radical (unpaired) electrons. The minimum atomic E-state index is -0.267. The first-order valence-corrected chi connectivity index (χ1v) is 16.3. The highest BCUT2D eigenvalue weighted by Crippen LogP contribution is 2.30. The maximum atomic E-state index is 14.7. The van der Waals surface area contributed by atoms with Crippen molar-refractivity contribution in [3.63, 3.8) is 0 Å². The summed E-state index contributed by atoms with van der Waals surface area (Å²) in [4.78, 5) is 33.4. The van der Waals surface area contributed by atoms with Gasteiger partial charge < -0.3 is 24.6 Å². The van der Waals surface area contributed by atoms with Crippen LogP contribution in [0.25, 0.3) is 16.9 Å². The third-order valence-electron chi connectivity index (χ3n) is 8.75. The summed E-state index contributed by atoms with van der Waals surface area (Å²) in [5.41, 5.74) is 5.18. The summed E-state index contributed by atoms with van der Waals surface area (Å²) < 4.78 is 15.1. The van der Waals surface area contributed by atoms with Crippen LogP contribution < -0.4 is 20.6 Å². The van der Waals surface area contributed by atoms with Gasteiger partial charge in [-0.25, -0.2) is 4.79 Å². The number of nitrogens with zero attached hydrogens (tertiary/aromatic N) is 4. The lowest BCUT2D eigenvalue weighted by Gasteiger charge is -2.29. The molecule has 7 rings (SSSR count). The van der Waals surface area contributed by atoms with Crippen molar-refractivity contribution >= 4 is 11.6 Å². The predicted octanol–water partition coefficient (Wildman–Crippen LogP) is 4.82. The number of morpholine rings is 1. The van der Waals surface area contributed by atoms with Crippen molar-refractivity contribution < 1.29 is 14.3 Å². The highest BCUT2D eigenvalue weighted by molar-refractivity contribution is 5.99. The van der Waals surface area contributed by atoms with Crippen LogP contribution in [0.1, 0.15) is 21.6 Å². The van der Waals surface area contributed by atoms with Crippen molar-refractivity contribution in [2.24, 2.45) is 0 Å². The number of hydrogen-bond donors (Lipinski definition) is 1. The number of piperazine rings is 1. The number of imidazole rings is 1. The van der Waals surface area contributed by atoms with Crippen LogP contribution in [0.3, 0.4) is 0 Å². The molecule has 3 heterocycles. The van der Waals surface area contributed by atoms with Gasteiger partial charge in [0, 0.05) is 50.5 Å². The fourth-order valence-corrected chi connectivity index (χ4v) is 6.34. The van der Waals surface area contributed by atoms with Gasteiger partial charge in [-0.15, -0.1) is 0 Å². The van der Waals surface area contributed by atoms with Crippen molar-refractivity contribution in [2.75, 3.05) is 57.4 Å². The molecular weight excluding hydrogens is 590 g/mol. The molecule has 4 aromatic carbocycles. The van der Waals surface area contributed by atoms with E-state index in [2.05, 4.69) is 16.3 Å². The lowest BCUT2D eigenvalue weighted by molar-refractivity contribution is 0.0725. The van der Waals surface area contributed by atoms with E-state index < -0.39 is 0 Å². The van der Waals surface area contributed by atoms with Crippen LogP contribution in [-0.2, 0) is 17.9 Å². The van der Waals surface area contributed by atoms with E-state index in [1.54, 1.807) is 9.13 Å². The van der Waals surface area contributed by atoms with E-state index in [1.165, 1.54) is 0 Å². The number of ether oxygens (including phenoxy) is 2. The lowest BCUT2D eigenvalue weighted by Crippen LogP contribution is -2.47. The Hall–Kier alpha value is -5.12. The molecule has 0 aliphatic carbocycles. The molecule has 1 N–H and O–H groups in total. The molecule has 47 heavy (non-hydrogen) atoms.